The van der Waals surface area contributed by atoms with Gasteiger partial charge < -0.3 is 15.4 Å². The van der Waals surface area contributed by atoms with Gasteiger partial charge in [-0.15, -0.1) is 4.39 Å². The van der Waals surface area contributed by atoms with Crippen molar-refractivity contribution in [3.8, 4) is 0 Å². The molecule has 1 aromatic carbocycles. The summed E-state index contributed by atoms with van der Waals surface area (Å²) in [6, 6.07) is 4.87. The van der Waals surface area contributed by atoms with Gasteiger partial charge in [0.15, 0.2) is 11.6 Å². The highest BCUT2D eigenvalue weighted by molar-refractivity contribution is 6.30. The van der Waals surface area contributed by atoms with E-state index in [1.807, 2.05) is 6.92 Å². The Bertz CT molecular complexity index is 1030. The number of amides is 1. The third-order valence-corrected chi connectivity index (χ3v) is 5.37. The molecule has 36 heavy (non-hydrogen) atoms. The summed E-state index contributed by atoms with van der Waals surface area (Å²) >= 11 is 5.75. The zero-order valence-corrected chi connectivity index (χ0v) is 22.4. The van der Waals surface area contributed by atoms with Crippen molar-refractivity contribution in [1.82, 2.24) is 10.3 Å². The Hall–Kier alpha value is -2.81. The summed E-state index contributed by atoms with van der Waals surface area (Å²) in [5, 5.41) is 5.83. The number of nitrogens with zero attached hydrogens (tertiary/aromatic N) is 1. The first-order valence-electron chi connectivity index (χ1n) is 11.8. The number of benzene rings is 1. The van der Waals surface area contributed by atoms with E-state index in [4.69, 9.17) is 11.6 Å². The Morgan fingerprint density at radius 1 is 1.17 bits per heavy atom. The summed E-state index contributed by atoms with van der Waals surface area (Å²) in [5.74, 6) is -1.30. The molecular weight excluding hydrogens is 495 g/mol. The highest BCUT2D eigenvalue weighted by Crippen LogP contribution is 2.21. The number of ether oxygens (including phenoxy) is 1. The van der Waals surface area contributed by atoms with Crippen LogP contribution in [0, 0.1) is 18.6 Å². The molecule has 2 N–H and O–H groups in total. The average molecular weight is 530 g/mol. The average Bonchev–Trinajstić information content (AvgIpc) is 2.78. The molecule has 1 atom stereocenters. The third-order valence-electron chi connectivity index (χ3n) is 5.08. The van der Waals surface area contributed by atoms with Crippen LogP contribution in [0.3, 0.4) is 0 Å². The topological polar surface area (TPSA) is 80.3 Å². The number of hydrogen-bond donors (Lipinski definition) is 2. The molecule has 1 unspecified atom stereocenters. The summed E-state index contributed by atoms with van der Waals surface area (Å²) in [6.45, 7) is 10.7. The monoisotopic (exact) mass is 529 g/mol. The van der Waals surface area contributed by atoms with E-state index < -0.39 is 29.4 Å². The number of rotatable bonds is 9. The number of halogens is 4. The number of carbonyl (C=O) groups excluding carboxylic acids is 2. The number of pyridine rings is 1. The molecule has 1 heterocycles. The molecule has 0 saturated carbocycles. The van der Waals surface area contributed by atoms with E-state index in [9.17, 15) is 22.8 Å². The van der Waals surface area contributed by atoms with Crippen LogP contribution in [0.5, 0.6) is 0 Å². The maximum absolute atomic E-state index is 14.7. The van der Waals surface area contributed by atoms with Gasteiger partial charge in [0, 0.05) is 24.3 Å². The van der Waals surface area contributed by atoms with Crippen molar-refractivity contribution in [2.24, 2.45) is 0 Å². The Labute approximate surface area is 216 Å². The van der Waals surface area contributed by atoms with Gasteiger partial charge in [-0.05, 0) is 58.6 Å². The van der Waals surface area contributed by atoms with Crippen LogP contribution in [0.25, 0.3) is 0 Å². The van der Waals surface area contributed by atoms with E-state index in [-0.39, 0.29) is 41.0 Å². The quantitative estimate of drug-likeness (QED) is 0.336. The smallest absolute Gasteiger partial charge is 0.435 e. The van der Waals surface area contributed by atoms with Crippen molar-refractivity contribution in [1.29, 1.82) is 0 Å². The molecular formula is C26H35ClF3N3O3. The number of carbonyl (C=O) groups is 2. The van der Waals surface area contributed by atoms with Gasteiger partial charge in [0.2, 0.25) is 0 Å². The van der Waals surface area contributed by atoms with E-state index in [1.165, 1.54) is 12.3 Å². The molecule has 0 spiro atoms. The minimum atomic E-state index is -1.72. The van der Waals surface area contributed by atoms with E-state index in [0.29, 0.717) is 5.56 Å². The van der Waals surface area contributed by atoms with Gasteiger partial charge in [0.05, 0.1) is 10.6 Å². The molecule has 2 rings (SSSR count). The second kappa shape index (κ2) is 14.7. The number of hydrogen-bond acceptors (Lipinski definition) is 5. The van der Waals surface area contributed by atoms with Gasteiger partial charge in [-0.2, -0.15) is 0 Å². The van der Waals surface area contributed by atoms with E-state index >= 15 is 0 Å². The summed E-state index contributed by atoms with van der Waals surface area (Å²) < 4.78 is 44.0. The fourth-order valence-corrected chi connectivity index (χ4v) is 3.41. The van der Waals surface area contributed by atoms with Crippen LogP contribution in [0.1, 0.15) is 75.4 Å². The largest absolute Gasteiger partial charge is 0.495 e. The Balaban J connectivity index is 0.000000697. The molecule has 0 bridgehead atoms. The first-order chi connectivity index (χ1) is 16.8. The molecule has 0 aliphatic rings. The van der Waals surface area contributed by atoms with Crippen LogP contribution >= 0.6 is 11.6 Å². The van der Waals surface area contributed by atoms with Gasteiger partial charge in [-0.25, -0.2) is 18.6 Å². The predicted molar refractivity (Wildman–Crippen MR) is 136 cm³/mol. The van der Waals surface area contributed by atoms with Crippen molar-refractivity contribution in [2.75, 3.05) is 11.9 Å². The maximum Gasteiger partial charge on any atom is 0.495 e. The van der Waals surface area contributed by atoms with Crippen molar-refractivity contribution in [3.63, 3.8) is 0 Å². The summed E-state index contributed by atoms with van der Waals surface area (Å²) in [5.41, 5.74) is 0.106. The molecule has 0 aliphatic carbocycles. The van der Waals surface area contributed by atoms with Crippen LogP contribution in [0.4, 0.5) is 23.8 Å². The normalized spacial score (nSPS) is 11.7. The lowest BCUT2D eigenvalue weighted by Crippen LogP contribution is -2.27. The lowest BCUT2D eigenvalue weighted by atomic mass is 10.1. The lowest BCUT2D eigenvalue weighted by Gasteiger charge is -2.18. The van der Waals surface area contributed by atoms with Gasteiger partial charge in [0.25, 0.3) is 5.91 Å². The van der Waals surface area contributed by atoms with Gasteiger partial charge in [0.1, 0.15) is 11.4 Å². The van der Waals surface area contributed by atoms with Crippen molar-refractivity contribution in [3.05, 3.63) is 57.7 Å². The fraction of sp³-hybridized carbons (Fsp3) is 0.500. The molecule has 200 valence electrons. The van der Waals surface area contributed by atoms with Gasteiger partial charge in [-0.3, -0.25) is 4.79 Å². The Morgan fingerprint density at radius 2 is 1.83 bits per heavy atom. The first-order valence-corrected chi connectivity index (χ1v) is 12.2. The number of anilines is 1. The Morgan fingerprint density at radius 3 is 2.36 bits per heavy atom. The molecule has 0 saturated heterocycles. The number of nitrogens with one attached hydrogen (secondary N) is 2. The van der Waals surface area contributed by atoms with Crippen molar-refractivity contribution < 1.29 is 27.5 Å². The maximum atomic E-state index is 14.7. The van der Waals surface area contributed by atoms with Gasteiger partial charge in [-0.1, -0.05) is 44.0 Å². The number of aromatic nitrogens is 1. The lowest BCUT2D eigenvalue weighted by molar-refractivity contribution is 0.0346. The molecule has 10 heteroatoms. The van der Waals surface area contributed by atoms with E-state index in [0.717, 1.165) is 19.3 Å². The summed E-state index contributed by atoms with van der Waals surface area (Å²) in [6.07, 6.45) is 2.68. The zero-order chi connectivity index (χ0) is 27.5. The molecule has 6 nitrogen and oxygen atoms in total. The second-order valence-electron chi connectivity index (χ2n) is 9.17. The third kappa shape index (κ3) is 10.4. The molecule has 0 radical (unpaired) electrons. The molecule has 0 aliphatic heterocycles. The molecule has 1 aromatic heterocycles. The van der Waals surface area contributed by atoms with Crippen LogP contribution in [-0.4, -0.2) is 35.3 Å². The highest BCUT2D eigenvalue weighted by atomic mass is 35.5. The van der Waals surface area contributed by atoms with E-state index in [1.54, 1.807) is 39.8 Å². The minimum Gasteiger partial charge on any atom is -0.435 e. The Kier molecular flexibility index (Phi) is 12.7. The molecule has 2 aromatic rings. The van der Waals surface area contributed by atoms with Crippen LogP contribution in [0.2, 0.25) is 5.02 Å². The molecule has 1 amide bonds. The van der Waals surface area contributed by atoms with Crippen molar-refractivity contribution >= 4 is 29.5 Å². The van der Waals surface area contributed by atoms with E-state index in [2.05, 4.69) is 27.3 Å². The minimum absolute atomic E-state index is 0.0440. The van der Waals surface area contributed by atoms with Crippen LogP contribution < -0.4 is 10.6 Å². The van der Waals surface area contributed by atoms with Crippen molar-refractivity contribution in [2.45, 2.75) is 78.9 Å². The summed E-state index contributed by atoms with van der Waals surface area (Å²) in [4.78, 5) is 26.1. The zero-order valence-electron chi connectivity index (χ0n) is 21.6. The SMILES string of the molecule is CC(C)(C)OC(=O)F.CCCC(CC)Nc1ncc(C(=O)NCCc2cccc(Cl)c2F)c(C)c1F. The highest BCUT2D eigenvalue weighted by Gasteiger charge is 2.18. The first kappa shape index (κ1) is 31.2. The fourth-order valence-electron chi connectivity index (χ4n) is 3.22. The molecule has 0 fully saturated rings. The van der Waals surface area contributed by atoms with Gasteiger partial charge >= 0.3 is 6.22 Å². The second-order valence-corrected chi connectivity index (χ2v) is 9.58. The van der Waals surface area contributed by atoms with Crippen LogP contribution in [0.15, 0.2) is 24.4 Å². The predicted octanol–water partition coefficient (Wildman–Crippen LogP) is 7.18. The van der Waals surface area contributed by atoms with Crippen LogP contribution in [-0.2, 0) is 11.2 Å². The standard InChI is InChI=1S/C21H26ClF2N3O.C5H9FO2/c1-4-7-15(5-2)27-20-18(23)13(3)16(12-26-20)21(28)25-11-10-14-8-6-9-17(22)19(14)24;1-5(2,3)8-4(6)7/h6,8-9,12,15H,4-5,7,10-11H2,1-3H3,(H,25,28)(H,26,27);1-3H3. The summed E-state index contributed by atoms with van der Waals surface area (Å²) in [7, 11) is 0.